The van der Waals surface area contributed by atoms with Gasteiger partial charge in [-0.2, -0.15) is 4.98 Å². The summed E-state index contributed by atoms with van der Waals surface area (Å²) in [6, 6.07) is 1.79. The van der Waals surface area contributed by atoms with E-state index in [0.717, 1.165) is 12.1 Å². The minimum Gasteiger partial charge on any atom is -0.352 e. The van der Waals surface area contributed by atoms with E-state index in [-0.39, 0.29) is 12.1 Å². The molecular weight excluding hydrogens is 284 g/mol. The molecule has 0 radical (unpaired) electrons. The van der Waals surface area contributed by atoms with Gasteiger partial charge < -0.3 is 15.3 Å². The minimum absolute atomic E-state index is 0.145. The molecule has 0 saturated carbocycles. The van der Waals surface area contributed by atoms with Crippen LogP contribution in [0.4, 0.5) is 14.5 Å². The SMILES string of the molecule is Cc1nc(CCNC(=O)c2cc(F)c(NN)c(F)c2)no1. The van der Waals surface area contributed by atoms with Crippen molar-refractivity contribution in [3.05, 3.63) is 41.0 Å². The summed E-state index contributed by atoms with van der Waals surface area (Å²) >= 11 is 0. The largest absolute Gasteiger partial charge is 0.352 e. The number of benzene rings is 1. The molecule has 112 valence electrons. The van der Waals surface area contributed by atoms with Gasteiger partial charge in [0.05, 0.1) is 0 Å². The van der Waals surface area contributed by atoms with E-state index in [1.165, 1.54) is 0 Å². The van der Waals surface area contributed by atoms with Crippen molar-refractivity contribution in [1.82, 2.24) is 15.5 Å². The van der Waals surface area contributed by atoms with Crippen molar-refractivity contribution in [1.29, 1.82) is 0 Å². The zero-order valence-corrected chi connectivity index (χ0v) is 11.1. The number of carbonyl (C=O) groups is 1. The molecule has 0 bridgehead atoms. The predicted molar refractivity (Wildman–Crippen MR) is 69.2 cm³/mol. The molecule has 1 heterocycles. The molecule has 21 heavy (non-hydrogen) atoms. The van der Waals surface area contributed by atoms with Gasteiger partial charge in [0.2, 0.25) is 5.89 Å². The second-order valence-corrected chi connectivity index (χ2v) is 4.19. The van der Waals surface area contributed by atoms with Crippen LogP contribution in [0.25, 0.3) is 0 Å². The van der Waals surface area contributed by atoms with Crippen molar-refractivity contribution in [3.63, 3.8) is 0 Å². The molecule has 0 fully saturated rings. The lowest BCUT2D eigenvalue weighted by molar-refractivity contribution is 0.0953. The van der Waals surface area contributed by atoms with Gasteiger partial charge in [-0.3, -0.25) is 10.6 Å². The van der Waals surface area contributed by atoms with E-state index in [1.54, 1.807) is 6.92 Å². The molecular formula is C12H13F2N5O2. The number of anilines is 1. The highest BCUT2D eigenvalue weighted by Crippen LogP contribution is 2.19. The second-order valence-electron chi connectivity index (χ2n) is 4.19. The highest BCUT2D eigenvalue weighted by atomic mass is 19.1. The van der Waals surface area contributed by atoms with E-state index in [9.17, 15) is 13.6 Å². The number of nitrogen functional groups attached to an aromatic ring is 1. The van der Waals surface area contributed by atoms with E-state index in [0.29, 0.717) is 18.1 Å². The van der Waals surface area contributed by atoms with Crippen LogP contribution in [-0.2, 0) is 6.42 Å². The number of halogens is 2. The maximum Gasteiger partial charge on any atom is 0.251 e. The highest BCUT2D eigenvalue weighted by molar-refractivity contribution is 5.94. The first-order chi connectivity index (χ1) is 10.0. The van der Waals surface area contributed by atoms with Crippen molar-refractivity contribution in [2.24, 2.45) is 5.84 Å². The summed E-state index contributed by atoms with van der Waals surface area (Å²) in [6.45, 7) is 1.85. The molecule has 0 aliphatic carbocycles. The average molecular weight is 297 g/mol. The summed E-state index contributed by atoms with van der Waals surface area (Å²) in [5, 5.41) is 6.16. The summed E-state index contributed by atoms with van der Waals surface area (Å²) in [7, 11) is 0. The number of aryl methyl sites for hydroxylation is 1. The Morgan fingerprint density at radius 3 is 2.57 bits per heavy atom. The van der Waals surface area contributed by atoms with Gasteiger partial charge in [-0.1, -0.05) is 5.16 Å². The van der Waals surface area contributed by atoms with Crippen LogP contribution in [0.15, 0.2) is 16.7 Å². The topological polar surface area (TPSA) is 106 Å². The maximum absolute atomic E-state index is 13.5. The third-order valence-corrected chi connectivity index (χ3v) is 2.65. The first-order valence-electron chi connectivity index (χ1n) is 6.04. The lowest BCUT2D eigenvalue weighted by atomic mass is 10.1. The standard InChI is InChI=1S/C12H13F2N5O2/c1-6-17-10(19-21-6)2-3-16-12(20)7-4-8(13)11(18-15)9(14)5-7/h4-5,18H,2-3,15H2,1H3,(H,16,20). The Morgan fingerprint density at radius 1 is 1.38 bits per heavy atom. The maximum atomic E-state index is 13.5. The summed E-state index contributed by atoms with van der Waals surface area (Å²) in [5.74, 6) is 3.32. The number of nitrogens with two attached hydrogens (primary N) is 1. The smallest absolute Gasteiger partial charge is 0.251 e. The summed E-state index contributed by atoms with van der Waals surface area (Å²) in [6.07, 6.45) is 0.344. The third kappa shape index (κ3) is 3.51. The van der Waals surface area contributed by atoms with Crippen LogP contribution in [0.1, 0.15) is 22.1 Å². The van der Waals surface area contributed by atoms with Gasteiger partial charge in [-0.25, -0.2) is 8.78 Å². The second kappa shape index (κ2) is 6.27. The number of hydrogen-bond donors (Lipinski definition) is 3. The summed E-state index contributed by atoms with van der Waals surface area (Å²) in [4.78, 5) is 15.7. The third-order valence-electron chi connectivity index (χ3n) is 2.65. The van der Waals surface area contributed by atoms with Gasteiger partial charge in [-0.15, -0.1) is 0 Å². The zero-order chi connectivity index (χ0) is 15.4. The van der Waals surface area contributed by atoms with E-state index in [4.69, 9.17) is 10.4 Å². The van der Waals surface area contributed by atoms with E-state index in [1.807, 2.05) is 5.43 Å². The molecule has 4 N–H and O–H groups in total. The number of nitrogens with one attached hydrogen (secondary N) is 2. The van der Waals surface area contributed by atoms with E-state index in [2.05, 4.69) is 15.5 Å². The molecule has 0 atom stereocenters. The summed E-state index contributed by atoms with van der Waals surface area (Å²) in [5.41, 5.74) is 1.25. The Balaban J connectivity index is 1.97. The molecule has 1 amide bonds. The van der Waals surface area contributed by atoms with Gasteiger partial charge in [0.1, 0.15) is 5.69 Å². The van der Waals surface area contributed by atoms with E-state index >= 15 is 0 Å². The highest BCUT2D eigenvalue weighted by Gasteiger charge is 2.14. The van der Waals surface area contributed by atoms with Gasteiger partial charge in [-0.05, 0) is 12.1 Å². The van der Waals surface area contributed by atoms with Crippen LogP contribution < -0.4 is 16.6 Å². The normalized spacial score (nSPS) is 10.5. The monoisotopic (exact) mass is 297 g/mol. The molecule has 0 saturated heterocycles. The quantitative estimate of drug-likeness (QED) is 0.559. The van der Waals surface area contributed by atoms with Crippen molar-refractivity contribution < 1.29 is 18.1 Å². The number of nitrogens with zero attached hydrogens (tertiary/aromatic N) is 2. The molecule has 0 aliphatic rings. The average Bonchev–Trinajstić information content (AvgIpc) is 2.84. The zero-order valence-electron chi connectivity index (χ0n) is 11.1. The minimum atomic E-state index is -0.948. The number of carbonyl (C=O) groups excluding carboxylic acids is 1. The van der Waals surface area contributed by atoms with Crippen LogP contribution in [0.3, 0.4) is 0 Å². The number of amides is 1. The fraction of sp³-hybridized carbons (Fsp3) is 0.250. The van der Waals surface area contributed by atoms with Crippen molar-refractivity contribution in [2.45, 2.75) is 13.3 Å². The lowest BCUT2D eigenvalue weighted by Crippen LogP contribution is -2.26. The Bertz CT molecular complexity index is 636. The molecule has 0 unspecified atom stereocenters. The van der Waals surface area contributed by atoms with Crippen molar-refractivity contribution >= 4 is 11.6 Å². The first kappa shape index (κ1) is 14.9. The van der Waals surface area contributed by atoms with Crippen molar-refractivity contribution in [2.75, 3.05) is 12.0 Å². The van der Waals surface area contributed by atoms with Gasteiger partial charge in [0, 0.05) is 25.5 Å². The molecule has 9 heteroatoms. The van der Waals surface area contributed by atoms with Gasteiger partial charge in [0.25, 0.3) is 5.91 Å². The van der Waals surface area contributed by atoms with Crippen molar-refractivity contribution in [3.8, 4) is 0 Å². The van der Waals surface area contributed by atoms with Crippen LogP contribution >= 0.6 is 0 Å². The molecule has 1 aromatic heterocycles. The number of hydrogen-bond acceptors (Lipinski definition) is 6. The fourth-order valence-corrected chi connectivity index (χ4v) is 1.67. The Hall–Kier alpha value is -2.55. The van der Waals surface area contributed by atoms with Crippen LogP contribution in [0.2, 0.25) is 0 Å². The Labute approximate surface area is 118 Å². The van der Waals surface area contributed by atoms with Crippen LogP contribution in [-0.4, -0.2) is 22.6 Å². The van der Waals surface area contributed by atoms with Crippen LogP contribution in [0, 0.1) is 18.6 Å². The molecule has 2 aromatic rings. The number of aromatic nitrogens is 2. The number of rotatable bonds is 5. The first-order valence-corrected chi connectivity index (χ1v) is 6.04. The molecule has 0 spiro atoms. The Kier molecular flexibility index (Phi) is 4.43. The predicted octanol–water partition coefficient (Wildman–Crippen LogP) is 0.914. The molecule has 7 nitrogen and oxygen atoms in total. The Morgan fingerprint density at radius 2 is 2.05 bits per heavy atom. The lowest BCUT2D eigenvalue weighted by Gasteiger charge is -2.07. The van der Waals surface area contributed by atoms with Gasteiger partial charge in [0.15, 0.2) is 17.5 Å². The van der Waals surface area contributed by atoms with Crippen LogP contribution in [0.5, 0.6) is 0 Å². The number of hydrazine groups is 1. The fourth-order valence-electron chi connectivity index (χ4n) is 1.67. The van der Waals surface area contributed by atoms with Gasteiger partial charge >= 0.3 is 0 Å². The molecule has 2 rings (SSSR count). The summed E-state index contributed by atoms with van der Waals surface area (Å²) < 4.78 is 31.7. The molecule has 0 aliphatic heterocycles. The molecule has 1 aromatic carbocycles. The van der Waals surface area contributed by atoms with E-state index < -0.39 is 23.2 Å².